The predicted octanol–water partition coefficient (Wildman–Crippen LogP) is 3.80. The molecule has 0 spiro atoms. The molecule has 9 nitrogen and oxygen atoms in total. The zero-order valence-electron chi connectivity index (χ0n) is 18.6. The minimum Gasteiger partial charge on any atom is -0.488 e. The fraction of sp³-hybridized carbons (Fsp3) is 0.261. The number of esters is 1. The highest BCUT2D eigenvalue weighted by molar-refractivity contribution is 6.04. The van der Waals surface area contributed by atoms with E-state index in [1.54, 1.807) is 38.0 Å². The number of methoxy groups -OCH3 is 2. The normalized spacial score (nSPS) is 11.5. The number of carbonyl (C=O) groups excluding carboxylic acids is 2. The van der Waals surface area contributed by atoms with Crippen LogP contribution in [0, 0.1) is 5.82 Å². The Morgan fingerprint density at radius 2 is 1.85 bits per heavy atom. The average molecular weight is 457 g/mol. The Morgan fingerprint density at radius 3 is 2.48 bits per heavy atom. The van der Waals surface area contributed by atoms with Crippen LogP contribution in [0.2, 0.25) is 0 Å². The van der Waals surface area contributed by atoms with Gasteiger partial charge in [-0.2, -0.15) is 5.10 Å². The van der Waals surface area contributed by atoms with Crippen LogP contribution in [0.1, 0.15) is 27.6 Å². The summed E-state index contributed by atoms with van der Waals surface area (Å²) in [6.45, 7) is 2.13. The number of hydrogen-bond acceptors (Lipinski definition) is 7. The Bertz CT molecular complexity index is 1150. The first kappa shape index (κ1) is 23.7. The quantitative estimate of drug-likeness (QED) is 0.488. The highest BCUT2D eigenvalue weighted by atomic mass is 19.1. The Hall–Kier alpha value is -3.92. The second kappa shape index (κ2) is 10.6. The van der Waals surface area contributed by atoms with E-state index >= 15 is 0 Å². The van der Waals surface area contributed by atoms with Gasteiger partial charge in [-0.05, 0) is 37.3 Å². The van der Waals surface area contributed by atoms with Crippen LogP contribution in [0.4, 0.5) is 10.2 Å². The number of amides is 1. The lowest BCUT2D eigenvalue weighted by atomic mass is 10.1. The van der Waals surface area contributed by atoms with E-state index in [-0.39, 0.29) is 28.7 Å². The van der Waals surface area contributed by atoms with Crippen LogP contribution in [-0.2, 0) is 16.5 Å². The third kappa shape index (κ3) is 6.30. The molecule has 0 radical (unpaired) electrons. The van der Waals surface area contributed by atoms with Gasteiger partial charge in [0.25, 0.3) is 5.91 Å². The van der Waals surface area contributed by atoms with E-state index in [1.165, 1.54) is 37.4 Å². The van der Waals surface area contributed by atoms with Crippen molar-refractivity contribution in [2.75, 3.05) is 26.1 Å². The van der Waals surface area contributed by atoms with E-state index < -0.39 is 17.7 Å². The molecule has 1 heterocycles. The monoisotopic (exact) mass is 457 g/mol. The summed E-state index contributed by atoms with van der Waals surface area (Å²) in [7, 11) is 4.48. The summed E-state index contributed by atoms with van der Waals surface area (Å²) in [6, 6.07) is 9.84. The van der Waals surface area contributed by atoms with Crippen molar-refractivity contribution in [1.82, 2.24) is 9.78 Å². The number of halogens is 1. The van der Waals surface area contributed by atoms with Gasteiger partial charge in [0.15, 0.2) is 17.4 Å². The summed E-state index contributed by atoms with van der Waals surface area (Å²) in [6.07, 6.45) is 1.38. The van der Waals surface area contributed by atoms with Gasteiger partial charge in [0.1, 0.15) is 17.6 Å². The predicted molar refractivity (Wildman–Crippen MR) is 117 cm³/mol. The molecule has 3 rings (SSSR count). The van der Waals surface area contributed by atoms with Crippen molar-refractivity contribution in [3.05, 3.63) is 65.6 Å². The van der Waals surface area contributed by atoms with Crippen molar-refractivity contribution in [3.8, 4) is 17.2 Å². The second-order valence-electron chi connectivity index (χ2n) is 7.14. The molecule has 0 saturated carbocycles. The fourth-order valence-electron chi connectivity index (χ4n) is 2.96. The van der Waals surface area contributed by atoms with Crippen LogP contribution in [-0.4, -0.2) is 48.6 Å². The van der Waals surface area contributed by atoms with Crippen LogP contribution >= 0.6 is 0 Å². The van der Waals surface area contributed by atoms with Gasteiger partial charge in [-0.1, -0.05) is 0 Å². The van der Waals surface area contributed by atoms with Gasteiger partial charge in [0.05, 0.1) is 19.3 Å². The topological polar surface area (TPSA) is 101 Å². The minimum atomic E-state index is -0.767. The highest BCUT2D eigenvalue weighted by Gasteiger charge is 2.16. The molecule has 0 saturated heterocycles. The Morgan fingerprint density at radius 1 is 1.09 bits per heavy atom. The lowest BCUT2D eigenvalue weighted by Crippen LogP contribution is -2.18. The molecule has 10 heteroatoms. The molecule has 0 aliphatic carbocycles. The smallest absolute Gasteiger partial charge is 0.337 e. The summed E-state index contributed by atoms with van der Waals surface area (Å²) < 4.78 is 37.2. The Balaban J connectivity index is 1.90. The van der Waals surface area contributed by atoms with Crippen molar-refractivity contribution in [1.29, 1.82) is 0 Å². The number of aromatic nitrogens is 2. The van der Waals surface area contributed by atoms with E-state index in [2.05, 4.69) is 15.2 Å². The molecule has 2 aromatic carbocycles. The average Bonchev–Trinajstić information content (AvgIpc) is 3.19. The van der Waals surface area contributed by atoms with Gasteiger partial charge < -0.3 is 24.3 Å². The molecule has 0 fully saturated rings. The number of benzene rings is 2. The van der Waals surface area contributed by atoms with Gasteiger partial charge in [0.2, 0.25) is 0 Å². The molecular formula is C23H24FN3O6. The number of ether oxygens (including phenoxy) is 4. The number of rotatable bonds is 9. The largest absolute Gasteiger partial charge is 0.488 e. The number of hydrogen-bond donors (Lipinski definition) is 1. The van der Waals surface area contributed by atoms with E-state index in [4.69, 9.17) is 14.2 Å². The third-order valence-corrected chi connectivity index (χ3v) is 4.42. The lowest BCUT2D eigenvalue weighted by molar-refractivity contribution is 0.0600. The van der Waals surface area contributed by atoms with Gasteiger partial charge in [0, 0.05) is 38.1 Å². The van der Waals surface area contributed by atoms with Crippen molar-refractivity contribution in [3.63, 3.8) is 0 Å². The van der Waals surface area contributed by atoms with E-state index in [0.29, 0.717) is 18.2 Å². The molecule has 1 N–H and O–H groups in total. The van der Waals surface area contributed by atoms with Gasteiger partial charge in [-0.15, -0.1) is 0 Å². The van der Waals surface area contributed by atoms with E-state index in [0.717, 1.165) is 6.07 Å². The van der Waals surface area contributed by atoms with Crippen LogP contribution < -0.4 is 14.8 Å². The Labute approximate surface area is 190 Å². The maximum absolute atomic E-state index is 14.5. The molecule has 1 amide bonds. The van der Waals surface area contributed by atoms with E-state index in [9.17, 15) is 14.0 Å². The van der Waals surface area contributed by atoms with Gasteiger partial charge in [-0.3, -0.25) is 9.48 Å². The summed E-state index contributed by atoms with van der Waals surface area (Å²) in [4.78, 5) is 24.4. The zero-order chi connectivity index (χ0) is 24.0. The van der Waals surface area contributed by atoms with Gasteiger partial charge >= 0.3 is 5.97 Å². The number of carbonyl (C=O) groups is 2. The molecule has 0 aliphatic heterocycles. The summed E-state index contributed by atoms with van der Waals surface area (Å²) >= 11 is 0. The maximum Gasteiger partial charge on any atom is 0.337 e. The molecule has 1 unspecified atom stereocenters. The Kier molecular flexibility index (Phi) is 7.62. The van der Waals surface area contributed by atoms with Crippen molar-refractivity contribution in [2.24, 2.45) is 7.05 Å². The number of nitrogens with one attached hydrogen (secondary N) is 1. The molecular weight excluding hydrogens is 433 g/mol. The van der Waals surface area contributed by atoms with Crippen molar-refractivity contribution in [2.45, 2.75) is 13.0 Å². The molecule has 33 heavy (non-hydrogen) atoms. The van der Waals surface area contributed by atoms with E-state index in [1.807, 2.05) is 0 Å². The van der Waals surface area contributed by atoms with Crippen molar-refractivity contribution < 1.29 is 32.9 Å². The lowest BCUT2D eigenvalue weighted by Gasteiger charge is -2.16. The first-order valence-electron chi connectivity index (χ1n) is 9.96. The first-order chi connectivity index (χ1) is 15.8. The summed E-state index contributed by atoms with van der Waals surface area (Å²) in [5, 5.41) is 6.80. The number of aryl methyl sites for hydroxylation is 1. The van der Waals surface area contributed by atoms with Crippen LogP contribution in [0.3, 0.4) is 0 Å². The highest BCUT2D eigenvalue weighted by Crippen LogP contribution is 2.30. The second-order valence-corrected chi connectivity index (χ2v) is 7.14. The maximum atomic E-state index is 14.5. The minimum absolute atomic E-state index is 0.0447. The number of anilines is 1. The van der Waals surface area contributed by atoms with Crippen LogP contribution in [0.25, 0.3) is 0 Å². The standard InChI is InChI=1S/C23H24FN3O6/c1-14(13-30-3)32-17-9-16(22(28)25-21-7-8-27(2)26-21)10-18(12-17)33-20-6-5-15(11-19(20)24)23(29)31-4/h5-12,14H,13H2,1-4H3,(H,25,26,28). The van der Waals surface area contributed by atoms with Gasteiger partial charge in [-0.25, -0.2) is 9.18 Å². The van der Waals surface area contributed by atoms with Crippen molar-refractivity contribution >= 4 is 17.7 Å². The van der Waals surface area contributed by atoms with Crippen LogP contribution in [0.15, 0.2) is 48.7 Å². The van der Waals surface area contributed by atoms with Crippen LogP contribution in [0.5, 0.6) is 17.2 Å². The first-order valence-corrected chi connectivity index (χ1v) is 9.96. The SMILES string of the molecule is COCC(C)Oc1cc(Oc2ccc(C(=O)OC)cc2F)cc(C(=O)Nc2ccn(C)n2)c1. The fourth-order valence-corrected chi connectivity index (χ4v) is 2.96. The summed E-state index contributed by atoms with van der Waals surface area (Å²) in [5.41, 5.74) is 0.257. The molecule has 1 atom stereocenters. The third-order valence-electron chi connectivity index (χ3n) is 4.42. The molecule has 174 valence electrons. The molecule has 0 bridgehead atoms. The summed E-state index contributed by atoms with van der Waals surface area (Å²) in [5.74, 6) is -1.17. The molecule has 0 aliphatic rings. The molecule has 3 aromatic rings. The zero-order valence-corrected chi connectivity index (χ0v) is 18.6. The number of nitrogens with zero attached hydrogens (tertiary/aromatic N) is 2. The molecule has 1 aromatic heterocycles.